The molecule has 10 heavy (non-hydrogen) atoms. The maximum atomic E-state index is 9.88. The Kier molecular flexibility index (Phi) is 2.68. The van der Waals surface area contributed by atoms with Crippen molar-refractivity contribution in [3.63, 3.8) is 0 Å². The van der Waals surface area contributed by atoms with E-state index in [2.05, 4.69) is 5.32 Å². The van der Waals surface area contributed by atoms with Gasteiger partial charge in [-0.05, 0) is 19.8 Å². The van der Waals surface area contributed by atoms with E-state index in [0.717, 1.165) is 19.4 Å². The summed E-state index contributed by atoms with van der Waals surface area (Å²) in [4.78, 5) is 9.88. The smallest absolute Gasteiger partial charge is 0.309 e. The molecule has 1 N–H and O–H groups in total. The molecule has 0 aromatic rings. The van der Waals surface area contributed by atoms with Crippen LogP contribution in [-0.4, -0.2) is 25.2 Å². The van der Waals surface area contributed by atoms with E-state index in [1.807, 2.05) is 6.92 Å². The molecule has 2 atom stereocenters. The first-order chi connectivity index (χ1) is 4.84. The van der Waals surface area contributed by atoms with Gasteiger partial charge in [-0.25, -0.2) is 0 Å². The van der Waals surface area contributed by atoms with Gasteiger partial charge in [-0.2, -0.15) is 0 Å². The maximum Gasteiger partial charge on any atom is 0.309 e. The highest BCUT2D eigenvalue weighted by molar-refractivity contribution is 5.47. The van der Waals surface area contributed by atoms with E-state index in [1.54, 1.807) is 6.41 Å². The van der Waals surface area contributed by atoms with E-state index in [9.17, 15) is 4.79 Å². The minimum absolute atomic E-state index is 0.111. The number of rotatable bonds is 3. The van der Waals surface area contributed by atoms with Crippen LogP contribution in [0.4, 0.5) is 0 Å². The van der Waals surface area contributed by atoms with Crippen molar-refractivity contribution >= 4 is 6.41 Å². The zero-order valence-electron chi connectivity index (χ0n) is 6.09. The average Bonchev–Trinajstić information content (AvgIpc) is 2.38. The maximum absolute atomic E-state index is 9.88. The molecule has 0 aromatic heterocycles. The zero-order valence-corrected chi connectivity index (χ0v) is 6.09. The second-order valence-corrected chi connectivity index (χ2v) is 2.59. The third-order valence-electron chi connectivity index (χ3n) is 1.81. The molecule has 3 nitrogen and oxygen atoms in total. The van der Waals surface area contributed by atoms with Crippen molar-refractivity contribution in [2.75, 3.05) is 6.61 Å². The first-order valence-corrected chi connectivity index (χ1v) is 3.59. The summed E-state index contributed by atoms with van der Waals surface area (Å²) >= 11 is 0. The van der Waals surface area contributed by atoms with Gasteiger partial charge in [0.25, 0.3) is 0 Å². The summed E-state index contributed by atoms with van der Waals surface area (Å²) in [6.07, 6.45) is 4.03. The lowest BCUT2D eigenvalue weighted by molar-refractivity contribution is 0.0891. The molecule has 1 saturated heterocycles. The highest BCUT2D eigenvalue weighted by Crippen LogP contribution is 2.14. The normalized spacial score (nSPS) is 27.9. The zero-order chi connectivity index (χ0) is 7.40. The topological polar surface area (TPSA) is 38.3 Å². The molecule has 1 rings (SSSR count). The molecule has 0 spiro atoms. The molecule has 2 unspecified atom stereocenters. The number of carbonyl (C=O) groups excluding carboxylic acids is 1. The van der Waals surface area contributed by atoms with Gasteiger partial charge in [-0.1, -0.05) is 0 Å². The number of ether oxygens (including phenoxy) is 1. The van der Waals surface area contributed by atoms with E-state index in [-0.39, 0.29) is 12.1 Å². The van der Waals surface area contributed by atoms with E-state index in [4.69, 9.17) is 4.74 Å². The third kappa shape index (κ3) is 1.70. The van der Waals surface area contributed by atoms with Gasteiger partial charge < -0.3 is 10.1 Å². The SMILES string of the molecule is CC(N[C]=O)C1CCCO1. The first kappa shape index (κ1) is 7.54. The van der Waals surface area contributed by atoms with Gasteiger partial charge >= 0.3 is 6.41 Å². The Morgan fingerprint density at radius 1 is 1.80 bits per heavy atom. The standard InChI is InChI=1S/C7H12NO2/c1-6(8-5-9)7-3-2-4-10-7/h6-7H,2-4H2,1H3,(H,8,9). The van der Waals surface area contributed by atoms with Crippen LogP contribution in [0.25, 0.3) is 0 Å². The van der Waals surface area contributed by atoms with E-state index in [1.165, 1.54) is 0 Å². The van der Waals surface area contributed by atoms with E-state index < -0.39 is 0 Å². The lowest BCUT2D eigenvalue weighted by atomic mass is 10.1. The molecule has 1 fully saturated rings. The van der Waals surface area contributed by atoms with Crippen LogP contribution in [0.2, 0.25) is 0 Å². The Labute approximate surface area is 60.7 Å². The first-order valence-electron chi connectivity index (χ1n) is 3.59. The van der Waals surface area contributed by atoms with Gasteiger partial charge in [0.2, 0.25) is 0 Å². The van der Waals surface area contributed by atoms with Crippen molar-refractivity contribution < 1.29 is 9.53 Å². The molecule has 0 bridgehead atoms. The number of amides is 1. The molecular formula is C7H12NO2. The van der Waals surface area contributed by atoms with Crippen LogP contribution in [0.1, 0.15) is 19.8 Å². The van der Waals surface area contributed by atoms with Crippen molar-refractivity contribution in [2.24, 2.45) is 0 Å². The molecule has 1 aliphatic heterocycles. The van der Waals surface area contributed by atoms with Crippen LogP contribution in [-0.2, 0) is 9.53 Å². The van der Waals surface area contributed by atoms with Crippen molar-refractivity contribution in [3.05, 3.63) is 0 Å². The van der Waals surface area contributed by atoms with Crippen molar-refractivity contribution in [1.82, 2.24) is 5.32 Å². The summed E-state index contributed by atoms with van der Waals surface area (Å²) in [5.41, 5.74) is 0. The van der Waals surface area contributed by atoms with Crippen molar-refractivity contribution in [3.8, 4) is 0 Å². The summed E-state index contributed by atoms with van der Waals surface area (Å²) in [6, 6.07) is 0.111. The average molecular weight is 142 g/mol. The molecule has 1 amide bonds. The van der Waals surface area contributed by atoms with Gasteiger partial charge in [-0.3, -0.25) is 4.79 Å². The minimum atomic E-state index is 0.111. The Bertz CT molecular complexity index is 110. The fraction of sp³-hybridized carbons (Fsp3) is 0.857. The Hall–Kier alpha value is -0.570. The summed E-state index contributed by atoms with van der Waals surface area (Å²) in [5, 5.41) is 2.56. The van der Waals surface area contributed by atoms with Crippen LogP contribution in [0.5, 0.6) is 0 Å². The van der Waals surface area contributed by atoms with Gasteiger partial charge in [0.15, 0.2) is 0 Å². The third-order valence-corrected chi connectivity index (χ3v) is 1.81. The van der Waals surface area contributed by atoms with E-state index >= 15 is 0 Å². The van der Waals surface area contributed by atoms with E-state index in [0.29, 0.717) is 0 Å². The van der Waals surface area contributed by atoms with Gasteiger partial charge in [-0.15, -0.1) is 0 Å². The molecule has 1 heterocycles. The van der Waals surface area contributed by atoms with Gasteiger partial charge in [0, 0.05) is 6.61 Å². The molecule has 0 aliphatic carbocycles. The van der Waals surface area contributed by atoms with Crippen molar-refractivity contribution in [2.45, 2.75) is 31.9 Å². The predicted molar refractivity (Wildman–Crippen MR) is 37.3 cm³/mol. The van der Waals surface area contributed by atoms with Crippen LogP contribution in [0, 0.1) is 0 Å². The number of nitrogens with one attached hydrogen (secondary N) is 1. The summed E-state index contributed by atoms with van der Waals surface area (Å²) in [7, 11) is 0. The Balaban J connectivity index is 2.24. The van der Waals surface area contributed by atoms with Crippen LogP contribution >= 0.6 is 0 Å². The fourth-order valence-corrected chi connectivity index (χ4v) is 1.18. The molecule has 1 radical (unpaired) electrons. The van der Waals surface area contributed by atoms with Gasteiger partial charge in [0.05, 0.1) is 12.1 Å². The lowest BCUT2D eigenvalue weighted by Gasteiger charge is -2.16. The number of hydrogen-bond acceptors (Lipinski definition) is 2. The monoisotopic (exact) mass is 142 g/mol. The van der Waals surface area contributed by atoms with Crippen molar-refractivity contribution in [1.29, 1.82) is 0 Å². The summed E-state index contributed by atoms with van der Waals surface area (Å²) in [6.45, 7) is 2.76. The highest BCUT2D eigenvalue weighted by atomic mass is 16.5. The Morgan fingerprint density at radius 3 is 3.10 bits per heavy atom. The molecule has 0 saturated carbocycles. The fourth-order valence-electron chi connectivity index (χ4n) is 1.18. The van der Waals surface area contributed by atoms with Crippen LogP contribution < -0.4 is 5.32 Å². The second-order valence-electron chi connectivity index (χ2n) is 2.59. The quantitative estimate of drug-likeness (QED) is 0.572. The molecule has 1 aliphatic rings. The van der Waals surface area contributed by atoms with Crippen LogP contribution in [0.15, 0.2) is 0 Å². The molecule has 57 valence electrons. The largest absolute Gasteiger partial charge is 0.376 e. The highest BCUT2D eigenvalue weighted by Gasteiger charge is 2.21. The van der Waals surface area contributed by atoms with Crippen LogP contribution in [0.3, 0.4) is 0 Å². The molecule has 3 heteroatoms. The number of hydrogen-bond donors (Lipinski definition) is 1. The molecule has 0 aromatic carbocycles. The lowest BCUT2D eigenvalue weighted by Crippen LogP contribution is -2.35. The molecular weight excluding hydrogens is 130 g/mol. The Morgan fingerprint density at radius 2 is 2.60 bits per heavy atom. The summed E-state index contributed by atoms with van der Waals surface area (Å²) < 4.78 is 5.33. The van der Waals surface area contributed by atoms with Gasteiger partial charge in [0.1, 0.15) is 0 Å². The second kappa shape index (κ2) is 3.56. The summed E-state index contributed by atoms with van der Waals surface area (Å²) in [5.74, 6) is 0. The minimum Gasteiger partial charge on any atom is -0.376 e. The predicted octanol–water partition coefficient (Wildman–Crippen LogP) is 0.211.